The van der Waals surface area contributed by atoms with Gasteiger partial charge in [-0.2, -0.15) is 4.52 Å². The molecule has 0 aromatic carbocycles. The second-order valence-electron chi connectivity index (χ2n) is 3.71. The highest BCUT2D eigenvalue weighted by atomic mass is 16.5. The summed E-state index contributed by atoms with van der Waals surface area (Å²) in [7, 11) is 1.36. The minimum absolute atomic E-state index is 0.144. The molecule has 8 heteroatoms. The molecule has 0 radical (unpaired) electrons. The quantitative estimate of drug-likeness (QED) is 0.685. The first-order valence-electron chi connectivity index (χ1n) is 5.60. The summed E-state index contributed by atoms with van der Waals surface area (Å²) in [6.07, 6.45) is 4.07. The van der Waals surface area contributed by atoms with Crippen LogP contribution in [0.4, 0.5) is 5.82 Å². The number of rotatable bonds is 5. The summed E-state index contributed by atoms with van der Waals surface area (Å²) in [5.41, 5.74) is 0.540. The van der Waals surface area contributed by atoms with Gasteiger partial charge in [0.25, 0.3) is 0 Å². The fourth-order valence-electron chi connectivity index (χ4n) is 1.64. The maximum atomic E-state index is 11.4. The van der Waals surface area contributed by atoms with Crippen LogP contribution in [-0.4, -0.2) is 51.2 Å². The minimum atomic E-state index is -0.312. The zero-order valence-electron chi connectivity index (χ0n) is 10.3. The molecule has 0 fully saturated rings. The number of carbonyl (C=O) groups is 1. The van der Waals surface area contributed by atoms with E-state index in [1.165, 1.54) is 7.11 Å². The molecular weight excluding hydrogens is 236 g/mol. The van der Waals surface area contributed by atoms with Crippen LogP contribution >= 0.6 is 0 Å². The minimum Gasteiger partial charge on any atom is -0.468 e. The smallest absolute Gasteiger partial charge is 0.325 e. The highest BCUT2D eigenvalue weighted by Crippen LogP contribution is 2.13. The summed E-state index contributed by atoms with van der Waals surface area (Å²) in [6, 6.07) is 0. The molecule has 2 heterocycles. The first kappa shape index (κ1) is 12.2. The van der Waals surface area contributed by atoms with E-state index < -0.39 is 0 Å². The van der Waals surface area contributed by atoms with E-state index >= 15 is 0 Å². The molecule has 2 rings (SSSR count). The van der Waals surface area contributed by atoms with Crippen molar-refractivity contribution in [3.63, 3.8) is 0 Å². The topological polar surface area (TPSA) is 85.5 Å². The van der Waals surface area contributed by atoms with Crippen LogP contribution in [0.3, 0.4) is 0 Å². The Bertz CT molecular complexity index is 540. The van der Waals surface area contributed by atoms with E-state index in [0.717, 1.165) is 6.42 Å². The van der Waals surface area contributed by atoms with Crippen LogP contribution in [0.5, 0.6) is 0 Å². The second-order valence-corrected chi connectivity index (χ2v) is 3.71. The number of nitrogens with zero attached hydrogens (tertiary/aromatic N) is 6. The number of anilines is 1. The summed E-state index contributed by atoms with van der Waals surface area (Å²) in [6.45, 7) is 2.86. The van der Waals surface area contributed by atoms with Crippen LogP contribution in [-0.2, 0) is 9.53 Å². The number of hydrogen-bond acceptors (Lipinski definition) is 7. The van der Waals surface area contributed by atoms with Crippen molar-refractivity contribution in [3.05, 3.63) is 12.4 Å². The van der Waals surface area contributed by atoms with Crippen LogP contribution < -0.4 is 4.90 Å². The van der Waals surface area contributed by atoms with Gasteiger partial charge in [-0.1, -0.05) is 6.92 Å². The van der Waals surface area contributed by atoms with Crippen LogP contribution in [0, 0.1) is 0 Å². The zero-order chi connectivity index (χ0) is 13.0. The Hall–Kier alpha value is -2.25. The third-order valence-corrected chi connectivity index (χ3v) is 2.46. The van der Waals surface area contributed by atoms with Crippen molar-refractivity contribution in [2.75, 3.05) is 25.1 Å². The lowest BCUT2D eigenvalue weighted by Crippen LogP contribution is -2.33. The van der Waals surface area contributed by atoms with Crippen molar-refractivity contribution < 1.29 is 9.53 Å². The molecule has 8 nitrogen and oxygen atoms in total. The molecule has 2 aromatic rings. The lowest BCUT2D eigenvalue weighted by molar-refractivity contribution is -0.138. The van der Waals surface area contributed by atoms with Gasteiger partial charge in [-0.15, -0.1) is 5.10 Å². The first-order chi connectivity index (χ1) is 8.76. The van der Waals surface area contributed by atoms with Crippen molar-refractivity contribution in [1.82, 2.24) is 25.0 Å². The van der Waals surface area contributed by atoms with Gasteiger partial charge in [0.15, 0.2) is 11.5 Å². The van der Waals surface area contributed by atoms with E-state index in [4.69, 9.17) is 0 Å². The Morgan fingerprint density at radius 3 is 3.06 bits per heavy atom. The summed E-state index contributed by atoms with van der Waals surface area (Å²) < 4.78 is 6.23. The predicted molar refractivity (Wildman–Crippen MR) is 63.1 cm³/mol. The van der Waals surface area contributed by atoms with Crippen molar-refractivity contribution in [1.29, 1.82) is 0 Å². The maximum Gasteiger partial charge on any atom is 0.325 e. The van der Waals surface area contributed by atoms with E-state index in [0.29, 0.717) is 18.0 Å². The SMILES string of the molecule is CCCN(CC(=O)OC)c1cncc2nnnn12. The molecule has 0 aliphatic heterocycles. The summed E-state index contributed by atoms with van der Waals surface area (Å²) in [5.74, 6) is 0.360. The van der Waals surface area contributed by atoms with Gasteiger partial charge in [-0.05, 0) is 16.8 Å². The number of aromatic nitrogens is 5. The van der Waals surface area contributed by atoms with Crippen LogP contribution in [0.25, 0.3) is 5.65 Å². The average molecular weight is 250 g/mol. The third kappa shape index (κ3) is 2.36. The van der Waals surface area contributed by atoms with Gasteiger partial charge in [0.05, 0.1) is 19.5 Å². The van der Waals surface area contributed by atoms with E-state index in [-0.39, 0.29) is 12.5 Å². The summed E-state index contributed by atoms with van der Waals surface area (Å²) in [4.78, 5) is 17.3. The third-order valence-electron chi connectivity index (χ3n) is 2.46. The molecule has 96 valence electrons. The molecule has 0 atom stereocenters. The molecule has 0 spiro atoms. The van der Waals surface area contributed by atoms with Crippen molar-refractivity contribution in [2.24, 2.45) is 0 Å². The van der Waals surface area contributed by atoms with Gasteiger partial charge in [-0.3, -0.25) is 9.78 Å². The normalized spacial score (nSPS) is 10.6. The summed E-state index contributed by atoms with van der Waals surface area (Å²) >= 11 is 0. The predicted octanol–water partition coefficient (Wildman–Crippen LogP) is -0.0913. The molecular formula is C10H14N6O2. The van der Waals surface area contributed by atoms with E-state index in [1.54, 1.807) is 16.9 Å². The van der Waals surface area contributed by atoms with Gasteiger partial charge in [0.1, 0.15) is 6.54 Å². The second kappa shape index (κ2) is 5.39. The monoisotopic (exact) mass is 250 g/mol. The number of tetrazole rings is 1. The molecule has 0 amide bonds. The highest BCUT2D eigenvalue weighted by Gasteiger charge is 2.15. The van der Waals surface area contributed by atoms with Gasteiger partial charge >= 0.3 is 5.97 Å². The number of carbonyl (C=O) groups excluding carboxylic acids is 1. The van der Waals surface area contributed by atoms with E-state index in [2.05, 4.69) is 25.2 Å². The molecule has 0 aliphatic rings. The Balaban J connectivity index is 2.34. The number of ether oxygens (including phenoxy) is 1. The molecule has 0 bridgehead atoms. The fraction of sp³-hybridized carbons (Fsp3) is 0.500. The molecule has 18 heavy (non-hydrogen) atoms. The molecule has 0 aliphatic carbocycles. The largest absolute Gasteiger partial charge is 0.468 e. The van der Waals surface area contributed by atoms with Gasteiger partial charge in [0, 0.05) is 6.54 Å². The van der Waals surface area contributed by atoms with E-state index in [9.17, 15) is 4.79 Å². The maximum absolute atomic E-state index is 11.4. The van der Waals surface area contributed by atoms with Crippen molar-refractivity contribution >= 4 is 17.4 Å². The lowest BCUT2D eigenvalue weighted by atomic mass is 10.4. The molecule has 2 aromatic heterocycles. The molecule has 0 saturated heterocycles. The molecule has 0 unspecified atom stereocenters. The number of fused-ring (bicyclic) bond motifs is 1. The molecule has 0 N–H and O–H groups in total. The number of methoxy groups -OCH3 is 1. The van der Waals surface area contributed by atoms with Crippen LogP contribution in [0.15, 0.2) is 12.4 Å². The van der Waals surface area contributed by atoms with Crippen molar-refractivity contribution in [3.8, 4) is 0 Å². The van der Waals surface area contributed by atoms with Crippen LogP contribution in [0.1, 0.15) is 13.3 Å². The Morgan fingerprint density at radius 2 is 2.33 bits per heavy atom. The molecule has 0 saturated carbocycles. The fourth-order valence-corrected chi connectivity index (χ4v) is 1.64. The van der Waals surface area contributed by atoms with E-state index in [1.807, 2.05) is 11.8 Å². The van der Waals surface area contributed by atoms with Gasteiger partial charge in [0.2, 0.25) is 0 Å². The summed E-state index contributed by atoms with van der Waals surface area (Å²) in [5, 5.41) is 11.3. The Kier molecular flexibility index (Phi) is 3.66. The Labute approximate surface area is 104 Å². The first-order valence-corrected chi connectivity index (χ1v) is 5.60. The lowest BCUT2D eigenvalue weighted by Gasteiger charge is -2.22. The zero-order valence-corrected chi connectivity index (χ0v) is 10.3. The Morgan fingerprint density at radius 1 is 1.50 bits per heavy atom. The standard InChI is InChI=1S/C10H14N6O2/c1-3-4-15(7-10(17)18-2)9-6-11-5-8-12-13-14-16(8)9/h5-6H,3-4,7H2,1-2H3. The van der Waals surface area contributed by atoms with Gasteiger partial charge < -0.3 is 9.64 Å². The highest BCUT2D eigenvalue weighted by molar-refractivity contribution is 5.75. The van der Waals surface area contributed by atoms with Gasteiger partial charge in [-0.25, -0.2) is 0 Å². The average Bonchev–Trinajstić information content (AvgIpc) is 2.86. The number of esters is 1. The van der Waals surface area contributed by atoms with Crippen molar-refractivity contribution in [2.45, 2.75) is 13.3 Å². The number of hydrogen-bond donors (Lipinski definition) is 0. The van der Waals surface area contributed by atoms with Crippen LogP contribution in [0.2, 0.25) is 0 Å².